The molecule has 0 unspecified atom stereocenters. The molecule has 0 bridgehead atoms. The topological polar surface area (TPSA) is 26.0 Å². The third-order valence-electron chi connectivity index (χ3n) is 1.64. The molecule has 0 aromatic heterocycles. The van der Waals surface area contributed by atoms with Crippen LogP contribution in [0.4, 0.5) is 8.78 Å². The molecule has 74 valence electrons. The monoisotopic (exact) mass is 207 g/mol. The van der Waals surface area contributed by atoms with Gasteiger partial charge >= 0.3 is 0 Å². The first-order valence-corrected chi connectivity index (χ1v) is 3.78. The largest absolute Gasteiger partial charge is 0.323 e. The number of benzene rings is 1. The molecule has 1 aromatic rings. The molecule has 0 amide bonds. The van der Waals surface area contributed by atoms with Crippen LogP contribution in [-0.4, -0.2) is 12.5 Å². The first kappa shape index (κ1) is 12.3. The highest BCUT2D eigenvalue weighted by Crippen LogP contribution is 2.06. The fourth-order valence-corrected chi connectivity index (χ4v) is 0.975. The molecule has 0 aliphatic carbocycles. The van der Waals surface area contributed by atoms with E-state index < -0.39 is 12.5 Å². The van der Waals surface area contributed by atoms with E-state index in [4.69, 9.17) is 5.73 Å². The van der Waals surface area contributed by atoms with Gasteiger partial charge in [0.25, 0.3) is 6.43 Å². The van der Waals surface area contributed by atoms with Gasteiger partial charge in [0.1, 0.15) is 0 Å². The molecular formula is C9H12ClF2N. The Balaban J connectivity index is 0.00000144. The third kappa shape index (κ3) is 4.20. The number of rotatable bonds is 3. The lowest BCUT2D eigenvalue weighted by Crippen LogP contribution is -2.30. The van der Waals surface area contributed by atoms with Crippen molar-refractivity contribution in [2.75, 3.05) is 0 Å². The maximum absolute atomic E-state index is 12.0. The molecule has 0 spiro atoms. The summed E-state index contributed by atoms with van der Waals surface area (Å²) in [4.78, 5) is 0. The van der Waals surface area contributed by atoms with Crippen molar-refractivity contribution in [3.05, 3.63) is 35.9 Å². The minimum atomic E-state index is -2.44. The number of hydrogen-bond donors (Lipinski definition) is 1. The second-order valence-corrected chi connectivity index (χ2v) is 2.69. The fourth-order valence-electron chi connectivity index (χ4n) is 0.975. The van der Waals surface area contributed by atoms with Crippen molar-refractivity contribution >= 4 is 12.4 Å². The van der Waals surface area contributed by atoms with E-state index in [2.05, 4.69) is 0 Å². The summed E-state index contributed by atoms with van der Waals surface area (Å²) in [7, 11) is 0. The predicted molar refractivity (Wildman–Crippen MR) is 51.4 cm³/mol. The minimum Gasteiger partial charge on any atom is -0.323 e. The molecule has 1 aromatic carbocycles. The summed E-state index contributed by atoms with van der Waals surface area (Å²) < 4.78 is 24.0. The van der Waals surface area contributed by atoms with Gasteiger partial charge < -0.3 is 5.73 Å². The van der Waals surface area contributed by atoms with E-state index in [9.17, 15) is 8.78 Å². The molecule has 0 heterocycles. The Morgan fingerprint density at radius 3 is 2.15 bits per heavy atom. The van der Waals surface area contributed by atoms with Crippen molar-refractivity contribution in [3.63, 3.8) is 0 Å². The molecule has 13 heavy (non-hydrogen) atoms. The van der Waals surface area contributed by atoms with Crippen molar-refractivity contribution in [1.29, 1.82) is 0 Å². The van der Waals surface area contributed by atoms with E-state index in [1.54, 1.807) is 12.1 Å². The minimum absolute atomic E-state index is 0. The number of halogens is 3. The Morgan fingerprint density at radius 2 is 1.69 bits per heavy atom. The summed E-state index contributed by atoms with van der Waals surface area (Å²) in [6.45, 7) is 0. The van der Waals surface area contributed by atoms with Crippen LogP contribution >= 0.6 is 12.4 Å². The average molecular weight is 208 g/mol. The van der Waals surface area contributed by atoms with E-state index in [0.29, 0.717) is 0 Å². The Kier molecular flexibility index (Phi) is 5.58. The van der Waals surface area contributed by atoms with Crippen molar-refractivity contribution < 1.29 is 8.78 Å². The molecule has 1 atom stereocenters. The van der Waals surface area contributed by atoms with E-state index in [1.165, 1.54) is 0 Å². The molecule has 0 fully saturated rings. The lowest BCUT2D eigenvalue weighted by atomic mass is 10.1. The van der Waals surface area contributed by atoms with E-state index in [0.717, 1.165) is 5.56 Å². The second kappa shape index (κ2) is 5.89. The van der Waals surface area contributed by atoms with Crippen molar-refractivity contribution in [1.82, 2.24) is 0 Å². The van der Waals surface area contributed by atoms with Crippen LogP contribution < -0.4 is 5.73 Å². The molecular weight excluding hydrogens is 196 g/mol. The molecule has 4 heteroatoms. The van der Waals surface area contributed by atoms with Crippen LogP contribution in [0, 0.1) is 0 Å². The van der Waals surface area contributed by atoms with Crippen molar-refractivity contribution in [3.8, 4) is 0 Å². The van der Waals surface area contributed by atoms with Crippen LogP contribution in [0.1, 0.15) is 5.56 Å². The summed E-state index contributed by atoms with van der Waals surface area (Å²) in [5.74, 6) is 0. The number of alkyl halides is 2. The highest BCUT2D eigenvalue weighted by molar-refractivity contribution is 5.85. The first-order chi connectivity index (χ1) is 5.70. The number of hydrogen-bond acceptors (Lipinski definition) is 1. The Labute approximate surface area is 82.4 Å². The van der Waals surface area contributed by atoms with Gasteiger partial charge in [-0.25, -0.2) is 8.78 Å². The summed E-state index contributed by atoms with van der Waals surface area (Å²) in [6, 6.07) is 8.01. The van der Waals surface area contributed by atoms with Crippen LogP contribution in [0.3, 0.4) is 0 Å². The van der Waals surface area contributed by atoms with E-state index in [1.807, 2.05) is 18.2 Å². The third-order valence-corrected chi connectivity index (χ3v) is 1.64. The standard InChI is InChI=1S/C9H11F2N.ClH/c10-9(11)8(12)6-7-4-2-1-3-5-7;/h1-5,8-9H,6,12H2;1H/t8-;/m0./s1. The van der Waals surface area contributed by atoms with Gasteiger partial charge in [0.2, 0.25) is 0 Å². The summed E-state index contributed by atoms with van der Waals surface area (Å²) in [5.41, 5.74) is 6.05. The van der Waals surface area contributed by atoms with Gasteiger partial charge in [-0.1, -0.05) is 30.3 Å². The molecule has 0 saturated carbocycles. The zero-order chi connectivity index (χ0) is 8.97. The maximum Gasteiger partial charge on any atom is 0.253 e. The average Bonchev–Trinajstić information content (AvgIpc) is 2.06. The first-order valence-electron chi connectivity index (χ1n) is 3.78. The van der Waals surface area contributed by atoms with E-state index >= 15 is 0 Å². The molecule has 0 aliphatic rings. The quantitative estimate of drug-likeness (QED) is 0.809. The van der Waals surface area contributed by atoms with Gasteiger partial charge in [-0.15, -0.1) is 12.4 Å². The van der Waals surface area contributed by atoms with Crippen LogP contribution in [0.2, 0.25) is 0 Å². The fraction of sp³-hybridized carbons (Fsp3) is 0.333. The highest BCUT2D eigenvalue weighted by Gasteiger charge is 2.14. The van der Waals surface area contributed by atoms with Gasteiger partial charge in [-0.2, -0.15) is 0 Å². The summed E-state index contributed by atoms with van der Waals surface area (Å²) in [6.07, 6.45) is -2.20. The maximum atomic E-state index is 12.0. The molecule has 1 nitrogen and oxygen atoms in total. The Bertz CT molecular complexity index is 228. The van der Waals surface area contributed by atoms with Gasteiger partial charge in [-0.3, -0.25) is 0 Å². The van der Waals surface area contributed by atoms with Gasteiger partial charge in [0.05, 0.1) is 6.04 Å². The predicted octanol–water partition coefficient (Wildman–Crippen LogP) is 2.24. The van der Waals surface area contributed by atoms with E-state index in [-0.39, 0.29) is 18.8 Å². The molecule has 2 N–H and O–H groups in total. The van der Waals surface area contributed by atoms with Crippen molar-refractivity contribution in [2.24, 2.45) is 5.73 Å². The molecule has 0 radical (unpaired) electrons. The SMILES string of the molecule is Cl.N[C@@H](Cc1ccccc1)C(F)F. The lowest BCUT2D eigenvalue weighted by Gasteiger charge is -2.09. The summed E-state index contributed by atoms with van der Waals surface area (Å²) in [5, 5.41) is 0. The second-order valence-electron chi connectivity index (χ2n) is 2.69. The van der Waals surface area contributed by atoms with Crippen LogP contribution in [-0.2, 0) is 6.42 Å². The van der Waals surface area contributed by atoms with Crippen LogP contribution in [0.15, 0.2) is 30.3 Å². The van der Waals surface area contributed by atoms with Crippen LogP contribution in [0.5, 0.6) is 0 Å². The summed E-state index contributed by atoms with van der Waals surface area (Å²) >= 11 is 0. The zero-order valence-electron chi connectivity index (χ0n) is 6.99. The van der Waals surface area contributed by atoms with Crippen LogP contribution in [0.25, 0.3) is 0 Å². The molecule has 0 saturated heterocycles. The Hall–Kier alpha value is -0.670. The normalized spacial score (nSPS) is 12.3. The zero-order valence-corrected chi connectivity index (χ0v) is 7.81. The van der Waals surface area contributed by atoms with Gasteiger partial charge in [0.15, 0.2) is 0 Å². The van der Waals surface area contributed by atoms with Gasteiger partial charge in [-0.05, 0) is 12.0 Å². The highest BCUT2D eigenvalue weighted by atomic mass is 35.5. The van der Waals surface area contributed by atoms with Gasteiger partial charge in [0, 0.05) is 0 Å². The number of nitrogens with two attached hydrogens (primary N) is 1. The molecule has 1 rings (SSSR count). The van der Waals surface area contributed by atoms with Crippen molar-refractivity contribution in [2.45, 2.75) is 18.9 Å². The molecule has 0 aliphatic heterocycles. The Morgan fingerprint density at radius 1 is 1.15 bits per heavy atom. The lowest BCUT2D eigenvalue weighted by molar-refractivity contribution is 0.116. The smallest absolute Gasteiger partial charge is 0.253 e.